The molecule has 0 bridgehead atoms. The number of aromatic nitrogens is 1. The minimum atomic E-state index is -4.56. The van der Waals surface area contributed by atoms with E-state index in [0.29, 0.717) is 6.42 Å². The van der Waals surface area contributed by atoms with Crippen molar-refractivity contribution in [2.75, 3.05) is 18.6 Å². The van der Waals surface area contributed by atoms with Crippen molar-refractivity contribution in [2.45, 2.75) is 18.6 Å². The smallest absolute Gasteiger partial charge is 0.338 e. The Balaban J connectivity index is 2.13. The van der Waals surface area contributed by atoms with Crippen LogP contribution in [0.25, 0.3) is 0 Å². The summed E-state index contributed by atoms with van der Waals surface area (Å²) < 4.78 is 59.9. The summed E-state index contributed by atoms with van der Waals surface area (Å²) in [6.45, 7) is 0. The molecule has 9 heteroatoms. The first-order chi connectivity index (χ1) is 9.60. The van der Waals surface area contributed by atoms with Gasteiger partial charge in [-0.15, -0.1) is 0 Å². The fourth-order valence-electron chi connectivity index (χ4n) is 2.14. The number of amides is 1. The molecule has 1 fully saturated rings. The molecule has 0 saturated carbocycles. The Hall–Kier alpha value is -1.64. The predicted molar refractivity (Wildman–Crippen MR) is 68.4 cm³/mol. The van der Waals surface area contributed by atoms with Crippen LogP contribution in [0.15, 0.2) is 18.3 Å². The molecule has 1 saturated heterocycles. The normalized spacial score (nSPS) is 21.2. The van der Waals surface area contributed by atoms with Gasteiger partial charge in [-0.25, -0.2) is 8.42 Å². The second-order valence-corrected chi connectivity index (χ2v) is 7.13. The minimum Gasteiger partial charge on any atom is -0.338 e. The first-order valence-corrected chi connectivity index (χ1v) is 7.93. The average molecular weight is 322 g/mol. The number of rotatable bonds is 2. The first-order valence-electron chi connectivity index (χ1n) is 6.11. The fraction of sp³-hybridized carbons (Fsp3) is 0.500. The standard InChI is InChI=1S/C12H13F3N2O3S/c1-17(9-4-5-21(19,20)7-9)11(18)8-2-3-10(16-6-8)12(13,14)15/h2-3,6,9H,4-5,7H2,1H3/t9-/m0/s1. The van der Waals surface area contributed by atoms with Crippen molar-refractivity contribution in [3.8, 4) is 0 Å². The monoisotopic (exact) mass is 322 g/mol. The summed E-state index contributed by atoms with van der Waals surface area (Å²) >= 11 is 0. The Morgan fingerprint density at radius 3 is 2.48 bits per heavy atom. The summed E-state index contributed by atoms with van der Waals surface area (Å²) in [5.41, 5.74) is -1.08. The maximum Gasteiger partial charge on any atom is 0.433 e. The van der Waals surface area contributed by atoms with E-state index in [2.05, 4.69) is 4.98 Å². The number of hydrogen-bond donors (Lipinski definition) is 0. The molecule has 1 aliphatic rings. The molecule has 1 atom stereocenters. The van der Waals surface area contributed by atoms with Gasteiger partial charge in [0.25, 0.3) is 5.91 Å². The van der Waals surface area contributed by atoms with E-state index in [-0.39, 0.29) is 17.1 Å². The minimum absolute atomic E-state index is 0.00482. The van der Waals surface area contributed by atoms with E-state index in [1.54, 1.807) is 0 Å². The van der Waals surface area contributed by atoms with Crippen LogP contribution in [0.4, 0.5) is 13.2 Å². The number of carbonyl (C=O) groups excluding carboxylic acids is 1. The molecule has 2 heterocycles. The number of pyridine rings is 1. The quantitative estimate of drug-likeness (QED) is 0.824. The third-order valence-corrected chi connectivity index (χ3v) is 5.13. The van der Waals surface area contributed by atoms with Gasteiger partial charge < -0.3 is 4.90 Å². The van der Waals surface area contributed by atoms with Crippen LogP contribution >= 0.6 is 0 Å². The molecule has 0 radical (unpaired) electrons. The highest BCUT2D eigenvalue weighted by Crippen LogP contribution is 2.27. The number of sulfone groups is 1. The summed E-state index contributed by atoms with van der Waals surface area (Å²) in [5.74, 6) is -0.651. The molecule has 1 aromatic heterocycles. The van der Waals surface area contributed by atoms with Gasteiger partial charge in [0.15, 0.2) is 9.84 Å². The van der Waals surface area contributed by atoms with Gasteiger partial charge in [0, 0.05) is 19.3 Å². The van der Waals surface area contributed by atoms with Gasteiger partial charge >= 0.3 is 6.18 Å². The maximum absolute atomic E-state index is 12.4. The molecular weight excluding hydrogens is 309 g/mol. The molecule has 0 spiro atoms. The molecule has 116 valence electrons. The first kappa shape index (κ1) is 15.7. The van der Waals surface area contributed by atoms with Crippen molar-refractivity contribution in [3.05, 3.63) is 29.6 Å². The largest absolute Gasteiger partial charge is 0.433 e. The second-order valence-electron chi connectivity index (χ2n) is 4.90. The molecule has 1 aliphatic heterocycles. The Bertz CT molecular complexity index is 641. The second kappa shape index (κ2) is 5.28. The Kier molecular flexibility index (Phi) is 3.96. The molecule has 5 nitrogen and oxygen atoms in total. The van der Waals surface area contributed by atoms with Crippen LogP contribution in [0.1, 0.15) is 22.5 Å². The van der Waals surface area contributed by atoms with E-state index < -0.39 is 33.7 Å². The van der Waals surface area contributed by atoms with E-state index in [0.717, 1.165) is 18.3 Å². The lowest BCUT2D eigenvalue weighted by Crippen LogP contribution is -2.37. The molecule has 0 aliphatic carbocycles. The van der Waals surface area contributed by atoms with Crippen LogP contribution in [0.2, 0.25) is 0 Å². The van der Waals surface area contributed by atoms with Crippen molar-refractivity contribution in [3.63, 3.8) is 0 Å². The maximum atomic E-state index is 12.4. The number of carbonyl (C=O) groups is 1. The summed E-state index contributed by atoms with van der Waals surface area (Å²) in [4.78, 5) is 16.6. The zero-order chi connectivity index (χ0) is 15.8. The van der Waals surface area contributed by atoms with E-state index in [9.17, 15) is 26.4 Å². The van der Waals surface area contributed by atoms with Crippen molar-refractivity contribution >= 4 is 15.7 Å². The number of nitrogens with zero attached hydrogens (tertiary/aromatic N) is 2. The van der Waals surface area contributed by atoms with Gasteiger partial charge in [-0.05, 0) is 18.6 Å². The predicted octanol–water partition coefficient (Wildman–Crippen LogP) is 1.36. The van der Waals surface area contributed by atoms with Crippen LogP contribution in [0, 0.1) is 0 Å². The molecular formula is C12H13F3N2O3S. The highest BCUT2D eigenvalue weighted by molar-refractivity contribution is 7.91. The highest BCUT2D eigenvalue weighted by atomic mass is 32.2. The molecule has 0 aromatic carbocycles. The zero-order valence-electron chi connectivity index (χ0n) is 11.1. The van der Waals surface area contributed by atoms with Gasteiger partial charge in [-0.3, -0.25) is 9.78 Å². The van der Waals surface area contributed by atoms with Crippen molar-refractivity contribution in [1.82, 2.24) is 9.88 Å². The van der Waals surface area contributed by atoms with E-state index in [1.807, 2.05) is 0 Å². The molecule has 21 heavy (non-hydrogen) atoms. The summed E-state index contributed by atoms with van der Waals surface area (Å²) in [7, 11) is -1.70. The Morgan fingerprint density at radius 1 is 1.38 bits per heavy atom. The topological polar surface area (TPSA) is 67.3 Å². The van der Waals surface area contributed by atoms with Gasteiger partial charge in [-0.2, -0.15) is 13.2 Å². The van der Waals surface area contributed by atoms with Crippen LogP contribution in [0.5, 0.6) is 0 Å². The van der Waals surface area contributed by atoms with E-state index in [4.69, 9.17) is 0 Å². The molecule has 2 rings (SSSR count). The third-order valence-electron chi connectivity index (χ3n) is 3.38. The van der Waals surface area contributed by atoms with Crippen LogP contribution in [-0.2, 0) is 16.0 Å². The van der Waals surface area contributed by atoms with Gasteiger partial charge in [-0.1, -0.05) is 0 Å². The fourth-order valence-corrected chi connectivity index (χ4v) is 3.91. The lowest BCUT2D eigenvalue weighted by Gasteiger charge is -2.23. The van der Waals surface area contributed by atoms with Gasteiger partial charge in [0.2, 0.25) is 0 Å². The zero-order valence-corrected chi connectivity index (χ0v) is 11.9. The van der Waals surface area contributed by atoms with Crippen molar-refractivity contribution < 1.29 is 26.4 Å². The number of hydrogen-bond acceptors (Lipinski definition) is 4. The third kappa shape index (κ3) is 3.52. The summed E-state index contributed by atoms with van der Waals surface area (Å²) in [6.07, 6.45) is -3.38. The van der Waals surface area contributed by atoms with Crippen LogP contribution < -0.4 is 0 Å². The Morgan fingerprint density at radius 2 is 2.05 bits per heavy atom. The number of alkyl halides is 3. The van der Waals surface area contributed by atoms with E-state index >= 15 is 0 Å². The van der Waals surface area contributed by atoms with Crippen LogP contribution in [0.3, 0.4) is 0 Å². The average Bonchev–Trinajstić information content (AvgIpc) is 2.76. The SMILES string of the molecule is CN(C(=O)c1ccc(C(F)(F)F)nc1)[C@H]1CCS(=O)(=O)C1. The molecule has 1 aromatic rings. The van der Waals surface area contributed by atoms with Crippen molar-refractivity contribution in [2.24, 2.45) is 0 Å². The molecule has 0 unspecified atom stereocenters. The van der Waals surface area contributed by atoms with Crippen LogP contribution in [-0.4, -0.2) is 48.8 Å². The van der Waals surface area contributed by atoms with Gasteiger partial charge in [0.1, 0.15) is 5.69 Å². The lowest BCUT2D eigenvalue weighted by molar-refractivity contribution is -0.141. The summed E-state index contributed by atoms with van der Waals surface area (Å²) in [5, 5.41) is 0. The van der Waals surface area contributed by atoms with Crippen molar-refractivity contribution in [1.29, 1.82) is 0 Å². The van der Waals surface area contributed by atoms with E-state index in [1.165, 1.54) is 11.9 Å². The lowest BCUT2D eigenvalue weighted by atomic mass is 10.2. The molecule has 0 N–H and O–H groups in total. The van der Waals surface area contributed by atoms with Gasteiger partial charge in [0.05, 0.1) is 17.1 Å². The summed E-state index contributed by atoms with van der Waals surface area (Å²) in [6, 6.07) is 1.31. The Labute approximate surface area is 119 Å². The highest BCUT2D eigenvalue weighted by Gasteiger charge is 2.34. The number of halogens is 3. The molecule has 1 amide bonds.